The molecular weight excluding hydrogens is 334 g/mol. The number of carbonyl (C=O) groups is 3. The summed E-state index contributed by atoms with van der Waals surface area (Å²) in [6.07, 6.45) is 1.34. The summed E-state index contributed by atoms with van der Waals surface area (Å²) in [4.78, 5) is 41.2. The van der Waals surface area contributed by atoms with Crippen molar-refractivity contribution in [1.29, 1.82) is 0 Å². The number of phenolic OH excluding ortho intramolecular Hbond substituents is 1. The number of carbonyl (C=O) groups excluding carboxylic acids is 3. The molecule has 3 amide bonds. The van der Waals surface area contributed by atoms with Crippen molar-refractivity contribution in [3.8, 4) is 5.75 Å². The summed E-state index contributed by atoms with van der Waals surface area (Å²) in [5, 5.41) is 9.88. The molecule has 0 radical (unpaired) electrons. The molecule has 1 heterocycles. The Kier molecular flexibility index (Phi) is 6.60. The van der Waals surface area contributed by atoms with Gasteiger partial charge in [0.05, 0.1) is 6.54 Å². The molecule has 0 aliphatic carbocycles. The van der Waals surface area contributed by atoms with Crippen LogP contribution in [0.2, 0.25) is 0 Å². The first-order valence-electron chi connectivity index (χ1n) is 8.98. The van der Waals surface area contributed by atoms with E-state index in [1.807, 2.05) is 13.0 Å². The van der Waals surface area contributed by atoms with Gasteiger partial charge in [-0.1, -0.05) is 26.0 Å². The lowest BCUT2D eigenvalue weighted by Gasteiger charge is -2.44. The zero-order chi connectivity index (χ0) is 19.3. The second-order valence-electron chi connectivity index (χ2n) is 6.53. The molecule has 0 spiro atoms. The van der Waals surface area contributed by atoms with Gasteiger partial charge in [-0.25, -0.2) is 0 Å². The molecule has 1 N–H and O–H groups in total. The average Bonchev–Trinajstić information content (AvgIpc) is 2.64. The van der Waals surface area contributed by atoms with E-state index in [1.165, 1.54) is 4.90 Å². The quantitative estimate of drug-likeness (QED) is 0.746. The van der Waals surface area contributed by atoms with E-state index in [-0.39, 0.29) is 37.1 Å². The van der Waals surface area contributed by atoms with Crippen molar-refractivity contribution < 1.29 is 19.5 Å². The standard InChI is InChI=1S/C19H27N3O4/c1-4-9-20(13-23)17-11-21(19(26)12-22(17)18(25)5-2)10-15-7-6-8-16(24)14(15)3/h6-8,13,17,24H,4-5,9-12H2,1-3H3. The monoisotopic (exact) mass is 361 g/mol. The zero-order valence-corrected chi connectivity index (χ0v) is 15.6. The number of nitrogens with zero attached hydrogens (tertiary/aromatic N) is 3. The largest absolute Gasteiger partial charge is 0.508 e. The van der Waals surface area contributed by atoms with E-state index in [9.17, 15) is 19.5 Å². The molecule has 0 saturated carbocycles. The van der Waals surface area contributed by atoms with Gasteiger partial charge in [-0.15, -0.1) is 0 Å². The number of benzene rings is 1. The van der Waals surface area contributed by atoms with Crippen molar-refractivity contribution in [2.24, 2.45) is 0 Å². The molecule has 142 valence electrons. The molecule has 1 saturated heterocycles. The van der Waals surface area contributed by atoms with E-state index in [4.69, 9.17) is 0 Å². The second-order valence-corrected chi connectivity index (χ2v) is 6.53. The molecule has 1 aromatic carbocycles. The fraction of sp³-hybridized carbons (Fsp3) is 0.526. The Bertz CT molecular complexity index is 677. The van der Waals surface area contributed by atoms with E-state index in [1.54, 1.807) is 35.8 Å². The van der Waals surface area contributed by atoms with Crippen LogP contribution in [-0.4, -0.2) is 63.8 Å². The van der Waals surface area contributed by atoms with Gasteiger partial charge in [0.25, 0.3) is 0 Å². The van der Waals surface area contributed by atoms with Crippen molar-refractivity contribution in [1.82, 2.24) is 14.7 Å². The molecule has 2 rings (SSSR count). The molecule has 1 aliphatic heterocycles. The number of piperazine rings is 1. The topological polar surface area (TPSA) is 81.2 Å². The number of hydrogen-bond acceptors (Lipinski definition) is 4. The molecule has 1 unspecified atom stereocenters. The Morgan fingerprint density at radius 1 is 1.38 bits per heavy atom. The SMILES string of the molecule is CCCN(C=O)C1CN(Cc2cccc(O)c2C)C(=O)CN1C(=O)CC. The maximum absolute atomic E-state index is 12.6. The Balaban J connectivity index is 2.26. The summed E-state index contributed by atoms with van der Waals surface area (Å²) in [6, 6.07) is 5.21. The van der Waals surface area contributed by atoms with Crippen LogP contribution in [-0.2, 0) is 20.9 Å². The minimum atomic E-state index is -0.463. The molecule has 26 heavy (non-hydrogen) atoms. The van der Waals surface area contributed by atoms with Crippen molar-refractivity contribution >= 4 is 18.2 Å². The first-order chi connectivity index (χ1) is 12.4. The van der Waals surface area contributed by atoms with Crippen molar-refractivity contribution in [3.05, 3.63) is 29.3 Å². The highest BCUT2D eigenvalue weighted by molar-refractivity contribution is 5.86. The van der Waals surface area contributed by atoms with Gasteiger partial charge in [0, 0.05) is 19.5 Å². The van der Waals surface area contributed by atoms with Gasteiger partial charge in [0.15, 0.2) is 0 Å². The lowest BCUT2D eigenvalue weighted by atomic mass is 10.1. The molecule has 1 atom stereocenters. The summed E-state index contributed by atoms with van der Waals surface area (Å²) >= 11 is 0. The second kappa shape index (κ2) is 8.69. The lowest BCUT2D eigenvalue weighted by molar-refractivity contribution is -0.158. The molecule has 7 nitrogen and oxygen atoms in total. The van der Waals surface area contributed by atoms with Crippen molar-refractivity contribution in [2.45, 2.75) is 46.3 Å². The Morgan fingerprint density at radius 3 is 2.73 bits per heavy atom. The van der Waals surface area contributed by atoms with Gasteiger partial charge >= 0.3 is 0 Å². The summed E-state index contributed by atoms with van der Waals surface area (Å²) in [7, 11) is 0. The Labute approximate surface area is 154 Å². The third kappa shape index (κ3) is 4.15. The first kappa shape index (κ1) is 19.8. The number of hydrogen-bond donors (Lipinski definition) is 1. The van der Waals surface area contributed by atoms with Crippen LogP contribution in [0.3, 0.4) is 0 Å². The molecule has 7 heteroatoms. The minimum Gasteiger partial charge on any atom is -0.508 e. The van der Waals surface area contributed by atoms with E-state index >= 15 is 0 Å². The van der Waals surface area contributed by atoms with Crippen LogP contribution in [0.5, 0.6) is 5.75 Å². The fourth-order valence-corrected chi connectivity index (χ4v) is 3.22. The molecule has 1 aromatic rings. The normalized spacial score (nSPS) is 17.3. The highest BCUT2D eigenvalue weighted by Crippen LogP contribution is 2.23. The van der Waals surface area contributed by atoms with E-state index in [0.29, 0.717) is 13.1 Å². The third-order valence-electron chi connectivity index (χ3n) is 4.80. The van der Waals surface area contributed by atoms with Crippen LogP contribution >= 0.6 is 0 Å². The maximum Gasteiger partial charge on any atom is 0.242 e. The number of phenols is 1. The molecule has 1 aliphatic rings. The first-order valence-corrected chi connectivity index (χ1v) is 8.98. The average molecular weight is 361 g/mol. The van der Waals surface area contributed by atoms with Crippen LogP contribution < -0.4 is 0 Å². The van der Waals surface area contributed by atoms with Gasteiger partial charge < -0.3 is 19.8 Å². The summed E-state index contributed by atoms with van der Waals surface area (Å²) < 4.78 is 0. The van der Waals surface area contributed by atoms with E-state index in [0.717, 1.165) is 24.0 Å². The Morgan fingerprint density at radius 2 is 2.12 bits per heavy atom. The highest BCUT2D eigenvalue weighted by atomic mass is 16.3. The van der Waals surface area contributed by atoms with Crippen LogP contribution in [0.15, 0.2) is 18.2 Å². The minimum absolute atomic E-state index is 0.0384. The predicted molar refractivity (Wildman–Crippen MR) is 97.1 cm³/mol. The van der Waals surface area contributed by atoms with Crippen molar-refractivity contribution in [2.75, 3.05) is 19.6 Å². The van der Waals surface area contributed by atoms with E-state index < -0.39 is 6.17 Å². The smallest absolute Gasteiger partial charge is 0.242 e. The van der Waals surface area contributed by atoms with Crippen molar-refractivity contribution in [3.63, 3.8) is 0 Å². The molecule has 0 aromatic heterocycles. The number of amides is 3. The predicted octanol–water partition coefficient (Wildman–Crippen LogP) is 1.48. The highest BCUT2D eigenvalue weighted by Gasteiger charge is 2.37. The Hall–Kier alpha value is -2.57. The number of rotatable bonds is 7. The van der Waals surface area contributed by atoms with Gasteiger partial charge in [-0.05, 0) is 30.5 Å². The van der Waals surface area contributed by atoms with Gasteiger partial charge in [0.2, 0.25) is 18.2 Å². The van der Waals surface area contributed by atoms with Crippen LogP contribution in [0.4, 0.5) is 0 Å². The zero-order valence-electron chi connectivity index (χ0n) is 15.6. The molecular formula is C19H27N3O4. The van der Waals surface area contributed by atoms with Crippen LogP contribution in [0.1, 0.15) is 37.8 Å². The summed E-state index contributed by atoms with van der Waals surface area (Å²) in [6.45, 7) is 6.60. The van der Waals surface area contributed by atoms with Gasteiger partial charge in [0.1, 0.15) is 18.5 Å². The summed E-state index contributed by atoms with van der Waals surface area (Å²) in [5.74, 6) is -0.112. The molecule has 0 bridgehead atoms. The lowest BCUT2D eigenvalue weighted by Crippen LogP contribution is -2.63. The number of aromatic hydroxyl groups is 1. The van der Waals surface area contributed by atoms with Crippen LogP contribution in [0, 0.1) is 6.92 Å². The summed E-state index contributed by atoms with van der Waals surface area (Å²) in [5.41, 5.74) is 1.57. The van der Waals surface area contributed by atoms with Gasteiger partial charge in [-0.2, -0.15) is 0 Å². The molecule has 1 fully saturated rings. The fourth-order valence-electron chi connectivity index (χ4n) is 3.22. The van der Waals surface area contributed by atoms with Gasteiger partial charge in [-0.3, -0.25) is 14.4 Å². The third-order valence-corrected chi connectivity index (χ3v) is 4.80. The van der Waals surface area contributed by atoms with E-state index in [2.05, 4.69) is 0 Å². The van der Waals surface area contributed by atoms with Crippen LogP contribution in [0.25, 0.3) is 0 Å². The maximum atomic E-state index is 12.6.